The first-order valence-corrected chi connectivity index (χ1v) is 12.2. The van der Waals surface area contributed by atoms with Crippen molar-refractivity contribution >= 4 is 23.2 Å². The van der Waals surface area contributed by atoms with E-state index in [0.717, 1.165) is 36.1 Å². The Balaban J connectivity index is 1.66. The van der Waals surface area contributed by atoms with Gasteiger partial charge < -0.3 is 10.2 Å². The van der Waals surface area contributed by atoms with Crippen LogP contribution in [0.1, 0.15) is 54.1 Å². The van der Waals surface area contributed by atoms with Crippen LogP contribution in [0.2, 0.25) is 0 Å². The minimum absolute atomic E-state index is 0.116. The Kier molecular flexibility index (Phi) is 7.83. The molecule has 2 aromatic heterocycles. The van der Waals surface area contributed by atoms with Crippen molar-refractivity contribution in [1.29, 1.82) is 0 Å². The second-order valence-electron chi connectivity index (χ2n) is 8.44. The Morgan fingerprint density at radius 3 is 2.55 bits per heavy atom. The Bertz CT molecular complexity index is 1040. The zero-order chi connectivity index (χ0) is 23.0. The molecule has 5 nitrogen and oxygen atoms in total. The van der Waals surface area contributed by atoms with E-state index in [2.05, 4.69) is 10.3 Å². The molecule has 1 aromatic carbocycles. The van der Waals surface area contributed by atoms with Crippen LogP contribution in [0, 0.1) is 5.82 Å². The molecule has 2 heterocycles. The number of nitrogens with one attached hydrogen (secondary N) is 1. The fraction of sp³-hybridized carbons (Fsp3) is 0.346. The van der Waals surface area contributed by atoms with Crippen LogP contribution in [0.15, 0.2) is 66.3 Å². The molecular formula is C26H28FN3O2S. The van der Waals surface area contributed by atoms with Crippen LogP contribution in [0.3, 0.4) is 0 Å². The predicted octanol–water partition coefficient (Wildman–Crippen LogP) is 5.04. The highest BCUT2D eigenvalue weighted by atomic mass is 32.1. The van der Waals surface area contributed by atoms with E-state index in [1.807, 2.05) is 23.6 Å². The van der Waals surface area contributed by atoms with Crippen LogP contribution in [0.25, 0.3) is 0 Å². The highest BCUT2D eigenvalue weighted by molar-refractivity contribution is 7.10. The van der Waals surface area contributed by atoms with Crippen molar-refractivity contribution in [3.05, 3.63) is 88.1 Å². The smallest absolute Gasteiger partial charge is 0.247 e. The summed E-state index contributed by atoms with van der Waals surface area (Å²) in [5.41, 5.74) is 1.42. The summed E-state index contributed by atoms with van der Waals surface area (Å²) in [6.07, 6.45) is 8.77. The molecule has 3 aromatic rings. The molecule has 0 aliphatic heterocycles. The molecule has 172 valence electrons. The van der Waals surface area contributed by atoms with Gasteiger partial charge in [-0.2, -0.15) is 0 Å². The Hall–Kier alpha value is -3.06. The molecule has 2 amide bonds. The number of thiophene rings is 1. The van der Waals surface area contributed by atoms with Crippen molar-refractivity contribution < 1.29 is 14.0 Å². The van der Waals surface area contributed by atoms with Crippen molar-refractivity contribution in [3.8, 4) is 0 Å². The summed E-state index contributed by atoms with van der Waals surface area (Å²) in [5, 5.41) is 5.12. The fourth-order valence-electron chi connectivity index (χ4n) is 4.31. The van der Waals surface area contributed by atoms with Gasteiger partial charge in [-0.25, -0.2) is 4.39 Å². The number of halogens is 1. The SMILES string of the molecule is O=C(NC1CCCCC1)C(c1cccnc1)N(Cc1ccc(F)cc1)C(=O)Cc1cccs1. The number of nitrogens with zero attached hydrogens (tertiary/aromatic N) is 2. The Labute approximate surface area is 197 Å². The van der Waals surface area contributed by atoms with Crippen LogP contribution < -0.4 is 5.32 Å². The number of hydrogen-bond acceptors (Lipinski definition) is 4. The molecule has 1 aliphatic rings. The number of aromatic nitrogens is 1. The maximum Gasteiger partial charge on any atom is 0.247 e. The molecule has 33 heavy (non-hydrogen) atoms. The molecule has 0 radical (unpaired) electrons. The molecule has 1 saturated carbocycles. The first kappa shape index (κ1) is 23.1. The average Bonchev–Trinajstić information content (AvgIpc) is 3.34. The summed E-state index contributed by atoms with van der Waals surface area (Å²) in [7, 11) is 0. The fourth-order valence-corrected chi connectivity index (χ4v) is 5.01. The number of rotatable bonds is 8. The van der Waals surface area contributed by atoms with Crippen LogP contribution in [-0.4, -0.2) is 27.7 Å². The lowest BCUT2D eigenvalue weighted by atomic mass is 9.94. The van der Waals surface area contributed by atoms with E-state index >= 15 is 0 Å². The van der Waals surface area contributed by atoms with Gasteiger partial charge in [0, 0.05) is 35.4 Å². The van der Waals surface area contributed by atoms with Gasteiger partial charge in [-0.05, 0) is 48.1 Å². The van der Waals surface area contributed by atoms with Gasteiger partial charge in [0.2, 0.25) is 11.8 Å². The van der Waals surface area contributed by atoms with Gasteiger partial charge in [-0.15, -0.1) is 11.3 Å². The summed E-state index contributed by atoms with van der Waals surface area (Å²) < 4.78 is 13.5. The van der Waals surface area contributed by atoms with Gasteiger partial charge in [-0.1, -0.05) is 43.5 Å². The van der Waals surface area contributed by atoms with Crippen LogP contribution in [0.4, 0.5) is 4.39 Å². The Morgan fingerprint density at radius 2 is 1.88 bits per heavy atom. The lowest BCUT2D eigenvalue weighted by molar-refractivity contribution is -0.141. The minimum atomic E-state index is -0.821. The second-order valence-corrected chi connectivity index (χ2v) is 9.47. The number of carbonyl (C=O) groups excluding carboxylic acids is 2. The van der Waals surface area contributed by atoms with Crippen LogP contribution in [0.5, 0.6) is 0 Å². The average molecular weight is 466 g/mol. The minimum Gasteiger partial charge on any atom is -0.351 e. The standard InChI is InChI=1S/C26H28FN3O2S/c27-21-12-10-19(11-13-21)18-30(24(31)16-23-9-5-15-33-23)25(20-6-4-14-28-17-20)26(32)29-22-7-2-1-3-8-22/h4-6,9-15,17,22,25H,1-3,7-8,16,18H2,(H,29,32). The summed E-state index contributed by atoms with van der Waals surface area (Å²) >= 11 is 1.51. The first-order valence-electron chi connectivity index (χ1n) is 11.4. The molecule has 0 spiro atoms. The van der Waals surface area contributed by atoms with Gasteiger partial charge in [0.25, 0.3) is 0 Å². The molecule has 1 atom stereocenters. The van der Waals surface area contributed by atoms with Gasteiger partial charge in [-0.3, -0.25) is 14.6 Å². The molecule has 0 bridgehead atoms. The predicted molar refractivity (Wildman–Crippen MR) is 127 cm³/mol. The summed E-state index contributed by atoms with van der Waals surface area (Å²) in [5.74, 6) is -0.694. The number of amides is 2. The zero-order valence-corrected chi connectivity index (χ0v) is 19.3. The third-order valence-electron chi connectivity index (χ3n) is 6.00. The highest BCUT2D eigenvalue weighted by Crippen LogP contribution is 2.26. The summed E-state index contributed by atoms with van der Waals surface area (Å²) in [4.78, 5) is 33.9. The highest BCUT2D eigenvalue weighted by Gasteiger charge is 2.33. The van der Waals surface area contributed by atoms with E-state index in [-0.39, 0.29) is 36.6 Å². The molecule has 1 unspecified atom stereocenters. The first-order chi connectivity index (χ1) is 16.1. The quantitative estimate of drug-likeness (QED) is 0.507. The summed E-state index contributed by atoms with van der Waals surface area (Å²) in [6.45, 7) is 0.197. The Morgan fingerprint density at radius 1 is 1.09 bits per heavy atom. The topological polar surface area (TPSA) is 62.3 Å². The van der Waals surface area contributed by atoms with Gasteiger partial charge in [0.15, 0.2) is 0 Å². The molecule has 1 N–H and O–H groups in total. The largest absolute Gasteiger partial charge is 0.351 e. The lowest BCUT2D eigenvalue weighted by Crippen LogP contribution is -2.47. The molecule has 1 fully saturated rings. The molecule has 7 heteroatoms. The van der Waals surface area contributed by atoms with Crippen molar-refractivity contribution in [2.75, 3.05) is 0 Å². The van der Waals surface area contributed by atoms with E-state index in [1.54, 1.807) is 35.5 Å². The van der Waals surface area contributed by atoms with E-state index in [9.17, 15) is 14.0 Å². The maximum absolute atomic E-state index is 13.6. The molecule has 0 saturated heterocycles. The monoisotopic (exact) mass is 465 g/mol. The van der Waals surface area contributed by atoms with E-state index in [0.29, 0.717) is 5.56 Å². The third-order valence-corrected chi connectivity index (χ3v) is 6.88. The third kappa shape index (κ3) is 6.26. The van der Waals surface area contributed by atoms with Gasteiger partial charge >= 0.3 is 0 Å². The zero-order valence-electron chi connectivity index (χ0n) is 18.5. The van der Waals surface area contributed by atoms with Crippen molar-refractivity contribution in [2.45, 2.75) is 57.2 Å². The van der Waals surface area contributed by atoms with E-state index in [1.165, 1.54) is 29.9 Å². The maximum atomic E-state index is 13.6. The summed E-state index contributed by atoms with van der Waals surface area (Å²) in [6, 6.07) is 12.8. The van der Waals surface area contributed by atoms with E-state index in [4.69, 9.17) is 0 Å². The number of pyridine rings is 1. The number of hydrogen-bond donors (Lipinski definition) is 1. The number of benzene rings is 1. The normalized spacial score (nSPS) is 15.1. The van der Waals surface area contributed by atoms with Crippen molar-refractivity contribution in [1.82, 2.24) is 15.2 Å². The van der Waals surface area contributed by atoms with Gasteiger partial charge in [0.1, 0.15) is 11.9 Å². The van der Waals surface area contributed by atoms with E-state index < -0.39 is 6.04 Å². The van der Waals surface area contributed by atoms with Gasteiger partial charge in [0.05, 0.1) is 6.42 Å². The number of carbonyl (C=O) groups is 2. The van der Waals surface area contributed by atoms with Crippen molar-refractivity contribution in [3.63, 3.8) is 0 Å². The lowest BCUT2D eigenvalue weighted by Gasteiger charge is -2.33. The molecule has 4 rings (SSSR count). The second kappa shape index (κ2) is 11.2. The molecular weight excluding hydrogens is 437 g/mol. The van der Waals surface area contributed by atoms with Crippen LogP contribution in [-0.2, 0) is 22.6 Å². The molecule has 1 aliphatic carbocycles. The van der Waals surface area contributed by atoms with Crippen LogP contribution >= 0.6 is 11.3 Å². The van der Waals surface area contributed by atoms with Crippen molar-refractivity contribution in [2.24, 2.45) is 0 Å².